The van der Waals surface area contributed by atoms with E-state index >= 15 is 0 Å². The maximum absolute atomic E-state index is 5.53. The van der Waals surface area contributed by atoms with Gasteiger partial charge in [-0.25, -0.2) is 4.63 Å². The van der Waals surface area contributed by atoms with Crippen LogP contribution >= 0.6 is 0 Å². The number of hydrogen-bond acceptors (Lipinski definition) is 9. The molecule has 0 aliphatic heterocycles. The fourth-order valence-electron chi connectivity index (χ4n) is 1.41. The Bertz CT molecular complexity index is 663. The van der Waals surface area contributed by atoms with Gasteiger partial charge in [0.15, 0.2) is 11.5 Å². The Hall–Kier alpha value is -2.97. The van der Waals surface area contributed by atoms with E-state index in [-0.39, 0.29) is 23.4 Å². The summed E-state index contributed by atoms with van der Waals surface area (Å²) < 4.78 is 9.46. The van der Waals surface area contributed by atoms with Crippen molar-refractivity contribution in [2.75, 3.05) is 11.1 Å². The van der Waals surface area contributed by atoms with Gasteiger partial charge in [-0.2, -0.15) is 4.98 Å². The van der Waals surface area contributed by atoms with Crippen molar-refractivity contribution in [3.05, 3.63) is 30.1 Å². The molecule has 0 saturated heterocycles. The third-order valence-corrected chi connectivity index (χ3v) is 2.30. The number of nitrogens with two attached hydrogens (primary N) is 1. The average Bonchev–Trinajstić information content (AvgIpc) is 3.06. The molecule has 3 aromatic rings. The lowest BCUT2D eigenvalue weighted by molar-refractivity contribution is 0.310. The number of rotatable bonds is 4. The molecule has 3 heterocycles. The van der Waals surface area contributed by atoms with Crippen LogP contribution in [0.2, 0.25) is 0 Å². The highest BCUT2D eigenvalue weighted by molar-refractivity contribution is 5.62. The maximum atomic E-state index is 5.53. The molecular formula is C10H9N7O2. The lowest BCUT2D eigenvalue weighted by Gasteiger charge is -1.98. The molecule has 0 fully saturated rings. The largest absolute Gasteiger partial charge is 0.379 e. The van der Waals surface area contributed by atoms with Gasteiger partial charge in [-0.05, 0) is 22.4 Å². The highest BCUT2D eigenvalue weighted by Gasteiger charge is 2.16. The number of nitrogen functional groups attached to an aromatic ring is 1. The Labute approximate surface area is 106 Å². The van der Waals surface area contributed by atoms with E-state index in [0.717, 1.165) is 5.69 Å². The average molecular weight is 259 g/mol. The van der Waals surface area contributed by atoms with Gasteiger partial charge in [0.25, 0.3) is 0 Å². The number of nitrogens with one attached hydrogen (secondary N) is 1. The van der Waals surface area contributed by atoms with Crippen LogP contribution in [0.1, 0.15) is 5.69 Å². The number of hydrogen-bond donors (Lipinski definition) is 2. The predicted octanol–water partition coefficient (Wildman–Crippen LogP) is 0.709. The Balaban J connectivity index is 1.71. The first-order chi connectivity index (χ1) is 9.33. The van der Waals surface area contributed by atoms with Gasteiger partial charge < -0.3 is 15.6 Å². The fraction of sp³-hybridized carbons (Fsp3) is 0.100. The third kappa shape index (κ3) is 2.34. The third-order valence-electron chi connectivity index (χ3n) is 2.30. The minimum absolute atomic E-state index is 0.108. The van der Waals surface area contributed by atoms with Crippen molar-refractivity contribution in [3.63, 3.8) is 0 Å². The quantitative estimate of drug-likeness (QED) is 0.695. The molecule has 0 radical (unpaired) electrons. The van der Waals surface area contributed by atoms with E-state index in [2.05, 4.69) is 35.4 Å². The van der Waals surface area contributed by atoms with Gasteiger partial charge >= 0.3 is 6.01 Å². The molecule has 0 atom stereocenters. The van der Waals surface area contributed by atoms with Crippen molar-refractivity contribution in [3.8, 4) is 11.5 Å². The first kappa shape index (κ1) is 11.1. The summed E-state index contributed by atoms with van der Waals surface area (Å²) in [7, 11) is 0. The van der Waals surface area contributed by atoms with Gasteiger partial charge in [0.05, 0.1) is 12.2 Å². The number of anilines is 2. The maximum Gasteiger partial charge on any atom is 0.322 e. The molecule has 0 aliphatic rings. The minimum Gasteiger partial charge on any atom is -0.379 e. The van der Waals surface area contributed by atoms with E-state index < -0.39 is 0 Å². The Morgan fingerprint density at radius 1 is 1.21 bits per heavy atom. The second-order valence-electron chi connectivity index (χ2n) is 3.60. The van der Waals surface area contributed by atoms with E-state index in [1.165, 1.54) is 0 Å². The molecule has 0 aliphatic carbocycles. The van der Waals surface area contributed by atoms with Crippen LogP contribution in [0, 0.1) is 0 Å². The predicted molar refractivity (Wildman–Crippen MR) is 63.6 cm³/mol. The molecule has 0 bridgehead atoms. The summed E-state index contributed by atoms with van der Waals surface area (Å²) in [5, 5.41) is 13.7. The fourth-order valence-corrected chi connectivity index (χ4v) is 1.41. The summed E-state index contributed by atoms with van der Waals surface area (Å²) in [4.78, 5) is 8.22. The van der Waals surface area contributed by atoms with Crippen LogP contribution < -0.4 is 11.1 Å². The van der Waals surface area contributed by atoms with Crippen LogP contribution in [0.15, 0.2) is 33.5 Å². The summed E-state index contributed by atoms with van der Waals surface area (Å²) in [6.45, 7) is 0.467. The zero-order valence-corrected chi connectivity index (χ0v) is 9.65. The lowest BCUT2D eigenvalue weighted by atomic mass is 10.3. The Morgan fingerprint density at radius 2 is 2.16 bits per heavy atom. The first-order valence-electron chi connectivity index (χ1n) is 5.39. The number of nitrogens with zero attached hydrogens (tertiary/aromatic N) is 5. The lowest BCUT2D eigenvalue weighted by Crippen LogP contribution is -2.01. The summed E-state index contributed by atoms with van der Waals surface area (Å²) in [5.41, 5.74) is 6.62. The molecule has 3 aromatic heterocycles. The zero-order valence-electron chi connectivity index (χ0n) is 9.65. The Kier molecular flexibility index (Phi) is 2.77. The normalized spacial score (nSPS) is 10.5. The van der Waals surface area contributed by atoms with Gasteiger partial charge in [-0.15, -0.1) is 0 Å². The van der Waals surface area contributed by atoms with E-state index in [4.69, 9.17) is 10.3 Å². The second-order valence-corrected chi connectivity index (χ2v) is 3.60. The molecule has 9 heteroatoms. The molecule has 0 saturated carbocycles. The van der Waals surface area contributed by atoms with Crippen molar-refractivity contribution in [1.29, 1.82) is 0 Å². The zero-order chi connectivity index (χ0) is 13.1. The molecule has 0 amide bonds. The van der Waals surface area contributed by atoms with Crippen LogP contribution in [0.4, 0.5) is 11.8 Å². The molecule has 9 nitrogen and oxygen atoms in total. The summed E-state index contributed by atoms with van der Waals surface area (Å²) in [5.74, 6) is 0.319. The number of pyridine rings is 1. The van der Waals surface area contributed by atoms with Crippen LogP contribution in [0.3, 0.4) is 0 Å². The summed E-state index contributed by atoms with van der Waals surface area (Å²) >= 11 is 0. The highest BCUT2D eigenvalue weighted by Crippen LogP contribution is 2.19. The van der Waals surface area contributed by atoms with Crippen LogP contribution in [-0.2, 0) is 6.54 Å². The summed E-state index contributed by atoms with van der Waals surface area (Å²) in [6, 6.07) is 5.85. The van der Waals surface area contributed by atoms with E-state index in [0.29, 0.717) is 6.54 Å². The molecule has 3 rings (SSSR count). The van der Waals surface area contributed by atoms with Crippen molar-refractivity contribution < 1.29 is 9.15 Å². The standard InChI is InChI=1S/C10H9N7O2/c11-8-7(15-19-16-8)9-14-10(18-17-9)13-5-6-3-1-2-4-12-6/h1-4H,5H2,(H2,11,16)(H,13,14,17). The van der Waals surface area contributed by atoms with Gasteiger partial charge in [0.1, 0.15) is 0 Å². The minimum atomic E-state index is 0.108. The van der Waals surface area contributed by atoms with Crippen LogP contribution in [0.5, 0.6) is 0 Å². The number of aromatic nitrogens is 5. The van der Waals surface area contributed by atoms with Crippen molar-refractivity contribution in [2.24, 2.45) is 0 Å². The smallest absolute Gasteiger partial charge is 0.322 e. The monoisotopic (exact) mass is 259 g/mol. The molecule has 0 spiro atoms. The molecule has 96 valence electrons. The van der Waals surface area contributed by atoms with Crippen molar-refractivity contribution >= 4 is 11.8 Å². The van der Waals surface area contributed by atoms with Crippen LogP contribution in [-0.4, -0.2) is 25.4 Å². The molecular weight excluding hydrogens is 250 g/mol. The van der Waals surface area contributed by atoms with Crippen LogP contribution in [0.25, 0.3) is 11.5 Å². The van der Waals surface area contributed by atoms with Gasteiger partial charge in [0, 0.05) is 6.20 Å². The van der Waals surface area contributed by atoms with E-state index in [9.17, 15) is 0 Å². The first-order valence-corrected chi connectivity index (χ1v) is 5.39. The summed E-state index contributed by atoms with van der Waals surface area (Å²) in [6.07, 6.45) is 1.71. The van der Waals surface area contributed by atoms with E-state index in [1.807, 2.05) is 18.2 Å². The highest BCUT2D eigenvalue weighted by atomic mass is 16.6. The second kappa shape index (κ2) is 4.72. The Morgan fingerprint density at radius 3 is 2.89 bits per heavy atom. The van der Waals surface area contributed by atoms with Gasteiger partial charge in [-0.1, -0.05) is 11.2 Å². The van der Waals surface area contributed by atoms with E-state index in [1.54, 1.807) is 6.20 Å². The molecule has 3 N–H and O–H groups in total. The molecule has 0 aromatic carbocycles. The molecule has 0 unspecified atom stereocenters. The SMILES string of the molecule is Nc1nonc1-c1noc(NCc2ccccn2)n1. The van der Waals surface area contributed by atoms with Crippen molar-refractivity contribution in [1.82, 2.24) is 25.4 Å². The van der Waals surface area contributed by atoms with Gasteiger partial charge in [-0.3, -0.25) is 4.98 Å². The topological polar surface area (TPSA) is 129 Å². The van der Waals surface area contributed by atoms with Crippen molar-refractivity contribution in [2.45, 2.75) is 6.54 Å². The molecule has 19 heavy (non-hydrogen) atoms. The van der Waals surface area contributed by atoms with Gasteiger partial charge in [0.2, 0.25) is 5.82 Å².